The summed E-state index contributed by atoms with van der Waals surface area (Å²) in [7, 11) is 1.67. The van der Waals surface area contributed by atoms with Crippen LogP contribution in [-0.4, -0.2) is 49.9 Å². The first kappa shape index (κ1) is 23.3. The molecule has 1 aliphatic carbocycles. The van der Waals surface area contributed by atoms with E-state index in [4.69, 9.17) is 9.72 Å². The molecule has 1 fully saturated rings. The molecule has 0 bridgehead atoms. The Morgan fingerprint density at radius 1 is 1.14 bits per heavy atom. The highest BCUT2D eigenvalue weighted by molar-refractivity contribution is 5.90. The maximum absolute atomic E-state index is 13.0. The number of fused-ring (bicyclic) bond motifs is 1. The molecule has 190 valence electrons. The second-order valence-electron chi connectivity index (χ2n) is 9.48. The summed E-state index contributed by atoms with van der Waals surface area (Å²) in [6.07, 6.45) is 8.94. The topological polar surface area (TPSA) is 84.8 Å². The molecule has 37 heavy (non-hydrogen) atoms. The van der Waals surface area contributed by atoms with E-state index in [9.17, 15) is 8.78 Å². The summed E-state index contributed by atoms with van der Waals surface area (Å²) in [5, 5.41) is 3.77. The van der Waals surface area contributed by atoms with Gasteiger partial charge in [-0.2, -0.15) is 13.9 Å². The Hall–Kier alpha value is -4.08. The Labute approximate surface area is 213 Å². The number of ether oxygens (including phenoxy) is 1. The largest absolute Gasteiger partial charge is 0.497 e. The molecule has 0 saturated carbocycles. The summed E-state index contributed by atoms with van der Waals surface area (Å²) in [4.78, 5) is 19.8. The van der Waals surface area contributed by atoms with Crippen molar-refractivity contribution in [2.24, 2.45) is 0 Å². The number of imidazole rings is 1. The van der Waals surface area contributed by atoms with Crippen molar-refractivity contribution >= 4 is 17.5 Å². The van der Waals surface area contributed by atoms with Crippen LogP contribution in [-0.2, 0) is 6.42 Å². The molecule has 4 aromatic rings. The molecular formula is C27H27F2N7O. The molecule has 1 N–H and O–H groups in total. The number of H-pyrrole nitrogens is 1. The van der Waals surface area contributed by atoms with E-state index in [1.54, 1.807) is 13.4 Å². The van der Waals surface area contributed by atoms with Gasteiger partial charge in [0.1, 0.15) is 23.7 Å². The average Bonchev–Trinajstić information content (AvgIpc) is 3.66. The average molecular weight is 504 g/mol. The number of halogens is 2. The summed E-state index contributed by atoms with van der Waals surface area (Å²) >= 11 is 0. The van der Waals surface area contributed by atoms with Gasteiger partial charge >= 0.3 is 6.55 Å². The van der Waals surface area contributed by atoms with Crippen molar-refractivity contribution in [3.05, 3.63) is 71.3 Å². The second-order valence-corrected chi connectivity index (χ2v) is 9.48. The first-order valence-electron chi connectivity index (χ1n) is 12.3. The predicted octanol–water partition coefficient (Wildman–Crippen LogP) is 5.26. The number of methoxy groups -OCH3 is 1. The number of alkyl halides is 2. The predicted molar refractivity (Wildman–Crippen MR) is 137 cm³/mol. The third-order valence-electron chi connectivity index (χ3n) is 7.22. The van der Waals surface area contributed by atoms with Gasteiger partial charge in [-0.15, -0.1) is 0 Å². The van der Waals surface area contributed by atoms with Gasteiger partial charge in [0.05, 0.1) is 24.7 Å². The monoisotopic (exact) mass is 503 g/mol. The fourth-order valence-electron chi connectivity index (χ4n) is 5.26. The van der Waals surface area contributed by atoms with Crippen LogP contribution in [0.3, 0.4) is 0 Å². The summed E-state index contributed by atoms with van der Waals surface area (Å²) in [6.45, 7) is 1.09. The van der Waals surface area contributed by atoms with Gasteiger partial charge in [0.25, 0.3) is 0 Å². The second kappa shape index (κ2) is 9.42. The van der Waals surface area contributed by atoms with E-state index in [0.29, 0.717) is 22.6 Å². The quantitative estimate of drug-likeness (QED) is 0.387. The molecule has 8 nitrogen and oxygen atoms in total. The number of piperidine rings is 1. The van der Waals surface area contributed by atoms with Gasteiger partial charge in [0, 0.05) is 54.0 Å². The van der Waals surface area contributed by atoms with Crippen molar-refractivity contribution in [1.82, 2.24) is 29.7 Å². The van der Waals surface area contributed by atoms with Gasteiger partial charge in [-0.3, -0.25) is 0 Å². The number of aromatic nitrogens is 6. The molecule has 0 atom stereocenters. The molecular weight excluding hydrogens is 476 g/mol. The highest BCUT2D eigenvalue weighted by Gasteiger charge is 2.28. The summed E-state index contributed by atoms with van der Waals surface area (Å²) in [5.41, 5.74) is 6.53. The van der Waals surface area contributed by atoms with Crippen molar-refractivity contribution < 1.29 is 13.5 Å². The number of nitrogens with zero attached hydrogens (tertiary/aromatic N) is 6. The van der Waals surface area contributed by atoms with Gasteiger partial charge in [0.15, 0.2) is 0 Å². The molecule has 0 radical (unpaired) electrons. The summed E-state index contributed by atoms with van der Waals surface area (Å²) in [5.74, 6) is 3.05. The zero-order valence-corrected chi connectivity index (χ0v) is 20.7. The van der Waals surface area contributed by atoms with Crippen LogP contribution in [0.1, 0.15) is 53.6 Å². The lowest BCUT2D eigenvalue weighted by Gasteiger charge is -2.32. The van der Waals surface area contributed by atoms with Crippen LogP contribution >= 0.6 is 0 Å². The Bertz CT molecular complexity index is 1470. The van der Waals surface area contributed by atoms with Gasteiger partial charge in [0.2, 0.25) is 0 Å². The molecule has 0 amide bonds. The minimum atomic E-state index is -2.65. The Morgan fingerprint density at radius 3 is 2.73 bits per heavy atom. The van der Waals surface area contributed by atoms with Crippen LogP contribution in [0.4, 0.5) is 14.6 Å². The highest BCUT2D eigenvalue weighted by atomic mass is 19.3. The van der Waals surface area contributed by atoms with E-state index >= 15 is 0 Å². The maximum Gasteiger partial charge on any atom is 0.333 e. The van der Waals surface area contributed by atoms with Gasteiger partial charge in [-0.1, -0.05) is 12.1 Å². The van der Waals surface area contributed by atoms with Crippen LogP contribution < -0.4 is 9.64 Å². The van der Waals surface area contributed by atoms with Crippen LogP contribution in [0.25, 0.3) is 22.9 Å². The fraction of sp³-hybridized carbons (Fsp3) is 0.333. The van der Waals surface area contributed by atoms with E-state index in [1.807, 2.05) is 30.3 Å². The molecule has 2 aliphatic rings. The molecule has 0 spiro atoms. The SMILES string of the molecule is COc1cccc(-c2nc(C3CCN(c4ncnc5c4C=C(c4cnn(C(F)F)c4)C5)CC3)[nH]c2C)c1. The van der Waals surface area contributed by atoms with Crippen molar-refractivity contribution in [2.75, 3.05) is 25.1 Å². The first-order chi connectivity index (χ1) is 18.0. The molecule has 0 unspecified atom stereocenters. The molecule has 4 heterocycles. The maximum atomic E-state index is 13.0. The van der Waals surface area contributed by atoms with Crippen LogP contribution in [0, 0.1) is 6.92 Å². The lowest BCUT2D eigenvalue weighted by atomic mass is 9.96. The van der Waals surface area contributed by atoms with Crippen molar-refractivity contribution in [3.8, 4) is 17.0 Å². The number of hydrogen-bond donors (Lipinski definition) is 1. The molecule has 3 aromatic heterocycles. The number of benzene rings is 1. The van der Waals surface area contributed by atoms with Crippen molar-refractivity contribution in [3.63, 3.8) is 0 Å². The van der Waals surface area contributed by atoms with Crippen molar-refractivity contribution in [1.29, 1.82) is 0 Å². The number of aryl methyl sites for hydroxylation is 1. The number of rotatable bonds is 6. The standard InChI is InChI=1S/C27H27F2N7O/c1-16-24(18-4-3-5-21(10-18)37-2)34-25(33-16)17-6-8-35(9-7-17)26-22-11-19(12-23(22)30-15-31-26)20-13-32-36(14-20)27(28)29/h3-5,10-11,13-15,17,27H,6-9,12H2,1-2H3,(H,33,34). The normalized spacial score (nSPS) is 15.8. The van der Waals surface area contributed by atoms with Crippen LogP contribution in [0.2, 0.25) is 0 Å². The number of anilines is 1. The number of aromatic amines is 1. The lowest BCUT2D eigenvalue weighted by molar-refractivity contribution is 0.0566. The fourth-order valence-corrected chi connectivity index (χ4v) is 5.26. The van der Waals surface area contributed by atoms with Crippen molar-refractivity contribution in [2.45, 2.75) is 38.7 Å². The Balaban J connectivity index is 1.18. The zero-order valence-electron chi connectivity index (χ0n) is 20.7. The van der Waals surface area contributed by atoms with E-state index in [2.05, 4.69) is 31.9 Å². The molecule has 10 heteroatoms. The van der Waals surface area contributed by atoms with Gasteiger partial charge < -0.3 is 14.6 Å². The molecule has 1 saturated heterocycles. The van der Waals surface area contributed by atoms with Gasteiger partial charge in [-0.05, 0) is 43.5 Å². The Morgan fingerprint density at radius 2 is 1.97 bits per heavy atom. The Kier molecular flexibility index (Phi) is 5.94. The third-order valence-corrected chi connectivity index (χ3v) is 7.22. The first-order valence-corrected chi connectivity index (χ1v) is 12.3. The minimum Gasteiger partial charge on any atom is -0.497 e. The zero-order chi connectivity index (χ0) is 25.5. The lowest BCUT2D eigenvalue weighted by Crippen LogP contribution is -2.34. The third kappa shape index (κ3) is 4.36. The van der Waals surface area contributed by atoms with Crippen LogP contribution in [0.15, 0.2) is 43.0 Å². The number of allylic oxidation sites excluding steroid dienone is 1. The molecule has 6 rings (SSSR count). The highest BCUT2D eigenvalue weighted by Crippen LogP contribution is 2.37. The molecule has 1 aromatic carbocycles. The summed E-state index contributed by atoms with van der Waals surface area (Å²) in [6, 6.07) is 7.96. The van der Waals surface area contributed by atoms with E-state index in [1.165, 1.54) is 12.4 Å². The summed E-state index contributed by atoms with van der Waals surface area (Å²) < 4.78 is 32.0. The number of nitrogens with one attached hydrogen (secondary N) is 1. The number of hydrogen-bond acceptors (Lipinski definition) is 6. The van der Waals surface area contributed by atoms with E-state index < -0.39 is 6.55 Å². The van der Waals surface area contributed by atoms with E-state index in [-0.39, 0.29) is 0 Å². The minimum absolute atomic E-state index is 0.329. The van der Waals surface area contributed by atoms with E-state index in [0.717, 1.165) is 77.1 Å². The molecule has 1 aliphatic heterocycles. The smallest absolute Gasteiger partial charge is 0.333 e. The van der Waals surface area contributed by atoms with Crippen LogP contribution in [0.5, 0.6) is 5.75 Å². The van der Waals surface area contributed by atoms with Gasteiger partial charge in [-0.25, -0.2) is 19.6 Å².